The minimum absolute atomic E-state index is 0.413. The third kappa shape index (κ3) is 2.97. The van der Waals surface area contributed by atoms with Crippen LogP contribution in [0.2, 0.25) is 0 Å². The van der Waals surface area contributed by atoms with E-state index in [-0.39, 0.29) is 0 Å². The van der Waals surface area contributed by atoms with E-state index in [9.17, 15) is 9.90 Å². The number of carboxylic acids is 1. The maximum atomic E-state index is 11.4. The fourth-order valence-corrected chi connectivity index (χ4v) is 4.71. The second kappa shape index (κ2) is 6.17. The molecule has 0 radical (unpaired) electrons. The Balaban J connectivity index is 1.98. The van der Waals surface area contributed by atoms with E-state index in [1.54, 1.807) is 6.20 Å². The van der Waals surface area contributed by atoms with Gasteiger partial charge in [-0.15, -0.1) is 23.1 Å². The second-order valence-electron chi connectivity index (χ2n) is 4.29. The number of nitrogens with zero attached hydrogens (tertiary/aromatic N) is 1. The van der Waals surface area contributed by atoms with Crippen molar-refractivity contribution in [1.29, 1.82) is 0 Å². The number of carbonyl (C=O) groups is 1. The summed E-state index contributed by atoms with van der Waals surface area (Å²) in [6, 6.07) is 11.6. The molecule has 106 valence electrons. The lowest BCUT2D eigenvalue weighted by Crippen LogP contribution is -1.97. The van der Waals surface area contributed by atoms with Crippen LogP contribution in [0.3, 0.4) is 0 Å². The zero-order chi connectivity index (χ0) is 14.8. The van der Waals surface area contributed by atoms with Gasteiger partial charge in [0.05, 0.1) is 0 Å². The van der Waals surface area contributed by atoms with Crippen molar-refractivity contribution in [3.8, 4) is 0 Å². The summed E-state index contributed by atoms with van der Waals surface area (Å²) in [4.78, 5) is 16.2. The first-order valence-electron chi connectivity index (χ1n) is 6.14. The smallest absolute Gasteiger partial charge is 0.346 e. The van der Waals surface area contributed by atoms with Gasteiger partial charge >= 0.3 is 5.97 Å². The van der Waals surface area contributed by atoms with Gasteiger partial charge in [-0.05, 0) is 45.1 Å². The van der Waals surface area contributed by atoms with E-state index >= 15 is 0 Å². The van der Waals surface area contributed by atoms with Gasteiger partial charge in [0.25, 0.3) is 0 Å². The van der Waals surface area contributed by atoms with E-state index < -0.39 is 5.97 Å². The normalized spacial score (nSPS) is 10.9. The van der Waals surface area contributed by atoms with Crippen LogP contribution in [0.1, 0.15) is 15.2 Å². The minimum Gasteiger partial charge on any atom is -0.477 e. The highest BCUT2D eigenvalue weighted by molar-refractivity contribution is 9.10. The molecule has 0 spiro atoms. The molecule has 0 aliphatic heterocycles. The predicted octanol–water partition coefficient (Wildman–Crippen LogP) is 5.05. The number of halogens is 1. The maximum absolute atomic E-state index is 11.4. The fourth-order valence-electron chi connectivity index (χ4n) is 2.03. The Morgan fingerprint density at radius 1 is 1.29 bits per heavy atom. The Morgan fingerprint density at radius 3 is 2.86 bits per heavy atom. The molecule has 6 heteroatoms. The van der Waals surface area contributed by atoms with Gasteiger partial charge in [-0.1, -0.05) is 18.2 Å². The number of thioether (sulfide) groups is 1. The molecule has 0 fully saturated rings. The molecule has 0 unspecified atom stereocenters. The van der Waals surface area contributed by atoms with Crippen LogP contribution < -0.4 is 0 Å². The fraction of sp³-hybridized carbons (Fsp3) is 0.0667. The average Bonchev–Trinajstić information content (AvgIpc) is 2.85. The van der Waals surface area contributed by atoms with Gasteiger partial charge in [0.1, 0.15) is 9.90 Å². The number of benzene rings is 1. The van der Waals surface area contributed by atoms with Crippen LogP contribution in [0.4, 0.5) is 0 Å². The van der Waals surface area contributed by atoms with Crippen LogP contribution in [-0.4, -0.2) is 16.1 Å². The molecule has 21 heavy (non-hydrogen) atoms. The van der Waals surface area contributed by atoms with Crippen LogP contribution in [0, 0.1) is 0 Å². The predicted molar refractivity (Wildman–Crippen MR) is 90.3 cm³/mol. The molecule has 0 amide bonds. The van der Waals surface area contributed by atoms with Crippen LogP contribution in [0.5, 0.6) is 0 Å². The van der Waals surface area contributed by atoms with E-state index in [4.69, 9.17) is 0 Å². The number of thiophene rings is 1. The lowest BCUT2D eigenvalue weighted by Gasteiger charge is -2.04. The van der Waals surface area contributed by atoms with Gasteiger partial charge in [-0.2, -0.15) is 0 Å². The number of fused-ring (bicyclic) bond motifs is 1. The number of pyridine rings is 1. The van der Waals surface area contributed by atoms with Gasteiger partial charge in [0.2, 0.25) is 0 Å². The molecule has 0 aliphatic rings. The van der Waals surface area contributed by atoms with Crippen molar-refractivity contribution < 1.29 is 9.90 Å². The zero-order valence-electron chi connectivity index (χ0n) is 10.7. The highest BCUT2D eigenvalue weighted by Gasteiger charge is 2.18. The van der Waals surface area contributed by atoms with Gasteiger partial charge in [-0.3, -0.25) is 0 Å². The summed E-state index contributed by atoms with van der Waals surface area (Å²) in [6.07, 6.45) is 1.73. The van der Waals surface area contributed by atoms with E-state index in [1.807, 2.05) is 36.4 Å². The number of hydrogen-bond acceptors (Lipinski definition) is 4. The highest BCUT2D eigenvalue weighted by atomic mass is 79.9. The molecule has 0 saturated heterocycles. The number of aromatic carboxylic acids is 1. The molecular weight excluding hydrogens is 370 g/mol. The summed E-state index contributed by atoms with van der Waals surface area (Å²) in [7, 11) is 0. The van der Waals surface area contributed by atoms with Crippen molar-refractivity contribution in [2.75, 3.05) is 0 Å². The molecule has 3 aromatic rings. The molecule has 0 atom stereocenters. The first-order chi connectivity index (χ1) is 10.2. The van der Waals surface area contributed by atoms with Crippen LogP contribution in [0.25, 0.3) is 10.1 Å². The number of carboxylic acid groups (broad SMARTS) is 1. The Kier molecular flexibility index (Phi) is 4.28. The van der Waals surface area contributed by atoms with Crippen molar-refractivity contribution in [3.05, 3.63) is 57.5 Å². The first-order valence-corrected chi connectivity index (χ1v) is 8.73. The van der Waals surface area contributed by atoms with Gasteiger partial charge in [-0.25, -0.2) is 9.78 Å². The highest BCUT2D eigenvalue weighted by Crippen LogP contribution is 2.36. The summed E-state index contributed by atoms with van der Waals surface area (Å²) in [5.41, 5.74) is 0.866. The second-order valence-corrected chi connectivity index (χ2v) is 7.16. The summed E-state index contributed by atoms with van der Waals surface area (Å²) in [6.45, 7) is 0. The molecule has 0 aliphatic carbocycles. The zero-order valence-corrected chi connectivity index (χ0v) is 14.0. The molecule has 2 aromatic heterocycles. The van der Waals surface area contributed by atoms with E-state index in [0.29, 0.717) is 10.6 Å². The first kappa shape index (κ1) is 14.6. The largest absolute Gasteiger partial charge is 0.477 e. The molecule has 3 nitrogen and oxygen atoms in total. The van der Waals surface area contributed by atoms with E-state index in [1.165, 1.54) is 23.1 Å². The number of hydrogen-bond donors (Lipinski definition) is 1. The molecule has 1 aromatic carbocycles. The van der Waals surface area contributed by atoms with Crippen molar-refractivity contribution >= 4 is 55.1 Å². The lowest BCUT2D eigenvalue weighted by atomic mass is 10.1. The van der Waals surface area contributed by atoms with Crippen molar-refractivity contribution in [3.63, 3.8) is 0 Å². The number of rotatable bonds is 4. The van der Waals surface area contributed by atoms with Crippen molar-refractivity contribution in [2.24, 2.45) is 0 Å². The Bertz CT molecular complexity index is 816. The Hall–Kier alpha value is -1.37. The third-order valence-electron chi connectivity index (χ3n) is 2.97. The summed E-state index contributed by atoms with van der Waals surface area (Å²) < 4.78 is 1.93. The topological polar surface area (TPSA) is 50.2 Å². The Labute approximate surface area is 138 Å². The van der Waals surface area contributed by atoms with Gasteiger partial charge < -0.3 is 5.11 Å². The molecule has 2 heterocycles. The van der Waals surface area contributed by atoms with Crippen molar-refractivity contribution in [1.82, 2.24) is 4.98 Å². The maximum Gasteiger partial charge on any atom is 0.346 e. The average molecular weight is 380 g/mol. The quantitative estimate of drug-likeness (QED) is 0.644. The standard InChI is InChI=1S/C15H10BrNO2S2/c16-11-5-3-7-17-14(11)20-8-10-9-4-1-2-6-12(9)21-13(10)15(18)19/h1-7H,8H2,(H,18,19). The SMILES string of the molecule is O=C(O)c1sc2ccccc2c1CSc1ncccc1Br. The minimum atomic E-state index is -0.869. The van der Waals surface area contributed by atoms with Crippen molar-refractivity contribution in [2.45, 2.75) is 10.8 Å². The monoisotopic (exact) mass is 379 g/mol. The summed E-state index contributed by atoms with van der Waals surface area (Å²) in [5.74, 6) is -0.284. The molecule has 0 saturated carbocycles. The van der Waals surface area contributed by atoms with E-state index in [2.05, 4.69) is 20.9 Å². The third-order valence-corrected chi connectivity index (χ3v) is 6.11. The van der Waals surface area contributed by atoms with Crippen LogP contribution in [0.15, 0.2) is 52.1 Å². The van der Waals surface area contributed by atoms with E-state index in [0.717, 1.165) is 25.1 Å². The molecule has 3 rings (SSSR count). The summed E-state index contributed by atoms with van der Waals surface area (Å²) >= 11 is 6.32. The van der Waals surface area contributed by atoms with Crippen LogP contribution >= 0.6 is 39.0 Å². The lowest BCUT2D eigenvalue weighted by molar-refractivity contribution is 0.0701. The number of aromatic nitrogens is 1. The van der Waals surface area contributed by atoms with Gasteiger partial charge in [0, 0.05) is 21.1 Å². The molecular formula is C15H10BrNO2S2. The molecule has 0 bridgehead atoms. The van der Waals surface area contributed by atoms with Gasteiger partial charge in [0.15, 0.2) is 0 Å². The van der Waals surface area contributed by atoms with Crippen LogP contribution in [-0.2, 0) is 5.75 Å². The Morgan fingerprint density at radius 2 is 2.10 bits per heavy atom. The molecule has 1 N–H and O–H groups in total. The summed E-state index contributed by atoms with van der Waals surface area (Å²) in [5, 5.41) is 11.3.